The highest BCUT2D eigenvalue weighted by molar-refractivity contribution is 7.98. The van der Waals surface area contributed by atoms with Crippen LogP contribution in [0.15, 0.2) is 89.8 Å². The van der Waals surface area contributed by atoms with Crippen molar-refractivity contribution in [2.24, 2.45) is 0 Å². The summed E-state index contributed by atoms with van der Waals surface area (Å²) in [7, 11) is 0. The fraction of sp³-hybridized carbons (Fsp3) is 0.174. The van der Waals surface area contributed by atoms with Gasteiger partial charge in [-0.05, 0) is 35.1 Å². The summed E-state index contributed by atoms with van der Waals surface area (Å²) in [6.07, 6.45) is 1.25. The van der Waals surface area contributed by atoms with Crippen LogP contribution in [-0.4, -0.2) is 23.9 Å². The first-order chi connectivity index (χ1) is 13.7. The lowest BCUT2D eigenvalue weighted by atomic mass is 9.99. The highest BCUT2D eigenvalue weighted by Crippen LogP contribution is 2.22. The Balaban J connectivity index is 1.63. The van der Waals surface area contributed by atoms with Crippen molar-refractivity contribution < 1.29 is 9.90 Å². The summed E-state index contributed by atoms with van der Waals surface area (Å²) in [4.78, 5) is 13.6. The van der Waals surface area contributed by atoms with Crippen molar-refractivity contribution in [1.82, 2.24) is 10.6 Å². The molecule has 0 aliphatic heterocycles. The maximum atomic E-state index is 12.5. The van der Waals surface area contributed by atoms with E-state index < -0.39 is 6.10 Å². The smallest absolute Gasteiger partial charge is 0.315 e. The first-order valence-electron chi connectivity index (χ1n) is 9.13. The lowest BCUT2D eigenvalue weighted by molar-refractivity contribution is 0.172. The zero-order chi connectivity index (χ0) is 19.8. The molecule has 1 unspecified atom stereocenters. The molecule has 0 fully saturated rings. The van der Waals surface area contributed by atoms with E-state index in [2.05, 4.69) is 10.6 Å². The third-order valence-electron chi connectivity index (χ3n) is 4.50. The fourth-order valence-corrected chi connectivity index (χ4v) is 3.37. The summed E-state index contributed by atoms with van der Waals surface area (Å²) in [6, 6.07) is 26.8. The van der Waals surface area contributed by atoms with Gasteiger partial charge in [0.15, 0.2) is 0 Å². The van der Waals surface area contributed by atoms with Gasteiger partial charge in [-0.3, -0.25) is 0 Å². The molecule has 0 saturated heterocycles. The van der Waals surface area contributed by atoms with E-state index in [1.165, 1.54) is 0 Å². The molecule has 28 heavy (non-hydrogen) atoms. The van der Waals surface area contributed by atoms with Crippen LogP contribution in [0.5, 0.6) is 0 Å². The molecule has 0 radical (unpaired) electrons. The Morgan fingerprint density at radius 2 is 1.39 bits per heavy atom. The minimum atomic E-state index is -0.756. The van der Waals surface area contributed by atoms with E-state index in [9.17, 15) is 9.90 Å². The molecule has 3 N–H and O–H groups in total. The molecule has 0 aliphatic rings. The van der Waals surface area contributed by atoms with E-state index in [0.717, 1.165) is 21.6 Å². The van der Waals surface area contributed by atoms with Gasteiger partial charge in [0, 0.05) is 11.4 Å². The monoisotopic (exact) mass is 392 g/mol. The van der Waals surface area contributed by atoms with E-state index >= 15 is 0 Å². The molecule has 0 aromatic heterocycles. The van der Waals surface area contributed by atoms with Gasteiger partial charge in [-0.2, -0.15) is 0 Å². The van der Waals surface area contributed by atoms with Crippen LogP contribution in [0.25, 0.3) is 0 Å². The average molecular weight is 393 g/mol. The fourth-order valence-electron chi connectivity index (χ4n) is 2.97. The zero-order valence-corrected chi connectivity index (χ0v) is 16.5. The number of hydrogen-bond donors (Lipinski definition) is 3. The van der Waals surface area contributed by atoms with E-state index in [1.54, 1.807) is 11.8 Å². The highest BCUT2D eigenvalue weighted by atomic mass is 32.2. The largest absolute Gasteiger partial charge is 0.387 e. The van der Waals surface area contributed by atoms with Gasteiger partial charge in [0.25, 0.3) is 0 Å². The number of amides is 2. The molecular weight excluding hydrogens is 368 g/mol. The third-order valence-corrected chi connectivity index (χ3v) is 5.24. The average Bonchev–Trinajstić information content (AvgIpc) is 2.77. The molecule has 0 saturated carbocycles. The Kier molecular flexibility index (Phi) is 7.12. The van der Waals surface area contributed by atoms with Crippen LogP contribution in [-0.2, 0) is 0 Å². The number of thioether (sulfide) groups is 1. The van der Waals surface area contributed by atoms with Crippen LogP contribution >= 0.6 is 11.8 Å². The summed E-state index contributed by atoms with van der Waals surface area (Å²) in [5.41, 5.74) is 2.77. The summed E-state index contributed by atoms with van der Waals surface area (Å²) in [5, 5.41) is 16.1. The number of aliphatic hydroxyl groups is 1. The number of aliphatic hydroxyl groups excluding tert-OH is 1. The Bertz CT molecular complexity index is 831. The highest BCUT2D eigenvalue weighted by Gasteiger charge is 2.17. The molecule has 1 atom stereocenters. The minimum Gasteiger partial charge on any atom is -0.387 e. The van der Waals surface area contributed by atoms with Gasteiger partial charge in [-0.15, -0.1) is 11.8 Å². The van der Waals surface area contributed by atoms with Crippen molar-refractivity contribution in [2.75, 3.05) is 12.8 Å². The van der Waals surface area contributed by atoms with E-state index in [4.69, 9.17) is 0 Å². The Morgan fingerprint density at radius 1 is 0.857 bits per heavy atom. The molecule has 0 spiro atoms. The molecule has 3 aromatic carbocycles. The van der Waals surface area contributed by atoms with Crippen molar-refractivity contribution in [3.8, 4) is 0 Å². The van der Waals surface area contributed by atoms with Gasteiger partial charge < -0.3 is 15.7 Å². The molecule has 0 aliphatic carbocycles. The van der Waals surface area contributed by atoms with Crippen molar-refractivity contribution in [1.29, 1.82) is 0 Å². The second kappa shape index (κ2) is 9.97. The molecule has 0 heterocycles. The van der Waals surface area contributed by atoms with Crippen molar-refractivity contribution in [2.45, 2.75) is 17.0 Å². The molecule has 3 aromatic rings. The lowest BCUT2D eigenvalue weighted by Gasteiger charge is -2.21. The number of benzene rings is 3. The van der Waals surface area contributed by atoms with E-state index in [-0.39, 0.29) is 18.6 Å². The number of urea groups is 1. The van der Waals surface area contributed by atoms with Gasteiger partial charge in [0.1, 0.15) is 0 Å². The van der Waals surface area contributed by atoms with Crippen molar-refractivity contribution >= 4 is 17.8 Å². The second-order valence-corrected chi connectivity index (χ2v) is 7.28. The SMILES string of the molecule is CSc1ccc(C(O)CNC(=O)NC(c2ccccc2)c2ccccc2)cc1. The van der Waals surface area contributed by atoms with Crippen LogP contribution in [0.2, 0.25) is 0 Å². The summed E-state index contributed by atoms with van der Waals surface area (Å²) >= 11 is 1.65. The van der Waals surface area contributed by atoms with Crippen LogP contribution in [0.4, 0.5) is 4.79 Å². The van der Waals surface area contributed by atoms with Crippen molar-refractivity contribution in [3.63, 3.8) is 0 Å². The maximum absolute atomic E-state index is 12.5. The van der Waals surface area contributed by atoms with Gasteiger partial charge >= 0.3 is 6.03 Å². The molecule has 4 nitrogen and oxygen atoms in total. The van der Waals surface area contributed by atoms with Crippen LogP contribution in [0.3, 0.4) is 0 Å². The normalized spacial score (nSPS) is 11.8. The van der Waals surface area contributed by atoms with Gasteiger partial charge in [0.05, 0.1) is 12.1 Å². The molecule has 2 amide bonds. The van der Waals surface area contributed by atoms with Crippen LogP contribution in [0, 0.1) is 0 Å². The minimum absolute atomic E-state index is 0.140. The van der Waals surface area contributed by atoms with Gasteiger partial charge in [0.2, 0.25) is 0 Å². The summed E-state index contributed by atoms with van der Waals surface area (Å²) < 4.78 is 0. The lowest BCUT2D eigenvalue weighted by Crippen LogP contribution is -2.40. The number of rotatable bonds is 7. The summed E-state index contributed by atoms with van der Waals surface area (Å²) in [6.45, 7) is 0.140. The van der Waals surface area contributed by atoms with Crippen LogP contribution in [0.1, 0.15) is 28.8 Å². The maximum Gasteiger partial charge on any atom is 0.315 e. The first-order valence-corrected chi connectivity index (χ1v) is 10.4. The van der Waals surface area contributed by atoms with Gasteiger partial charge in [-0.1, -0.05) is 72.8 Å². The Morgan fingerprint density at radius 3 is 1.89 bits per heavy atom. The topological polar surface area (TPSA) is 61.4 Å². The van der Waals surface area contributed by atoms with E-state index in [1.807, 2.05) is 91.2 Å². The van der Waals surface area contributed by atoms with Gasteiger partial charge in [-0.25, -0.2) is 4.79 Å². The quantitative estimate of drug-likeness (QED) is 0.518. The number of carbonyl (C=O) groups excluding carboxylic acids is 1. The second-order valence-electron chi connectivity index (χ2n) is 6.40. The van der Waals surface area contributed by atoms with Crippen molar-refractivity contribution in [3.05, 3.63) is 102 Å². The summed E-state index contributed by atoms with van der Waals surface area (Å²) in [5.74, 6) is 0. The van der Waals surface area contributed by atoms with E-state index in [0.29, 0.717) is 0 Å². The molecule has 0 bridgehead atoms. The molecule has 5 heteroatoms. The zero-order valence-electron chi connectivity index (χ0n) is 15.7. The third kappa shape index (κ3) is 5.38. The standard InChI is InChI=1S/C23H24N2O2S/c1-28-20-14-12-17(13-15-20)21(26)16-24-23(27)25-22(18-8-4-2-5-9-18)19-10-6-3-7-11-19/h2-15,21-22,26H,16H2,1H3,(H2,24,25,27). The molecular formula is C23H24N2O2S. The Labute approximate surface area is 170 Å². The number of carbonyl (C=O) groups is 1. The first kappa shape index (κ1) is 20.0. The predicted octanol–water partition coefficient (Wildman–Crippen LogP) is 4.53. The van der Waals surface area contributed by atoms with Crippen LogP contribution < -0.4 is 10.6 Å². The molecule has 144 valence electrons. The molecule has 3 rings (SSSR count). The number of hydrogen-bond acceptors (Lipinski definition) is 3. The Hall–Kier alpha value is -2.76. The number of nitrogens with one attached hydrogen (secondary N) is 2. The predicted molar refractivity (Wildman–Crippen MR) is 114 cm³/mol.